The molecule has 1 unspecified atom stereocenters. The minimum absolute atomic E-state index is 0.0805. The fraction of sp³-hybridized carbons (Fsp3) is 0.478. The third-order valence-electron chi connectivity index (χ3n) is 4.81. The fourth-order valence-electron chi connectivity index (χ4n) is 3.26. The first kappa shape index (κ1) is 25.8. The number of benzene rings is 1. The van der Waals surface area contributed by atoms with Crippen LogP contribution in [0.4, 0.5) is 5.69 Å². The molecule has 1 aliphatic heterocycles. The highest BCUT2D eigenvalue weighted by atomic mass is 16.3. The standard InChI is InChI=1S/C15H17NO4.C8H13NO2/c1-10(18)13-6-3-7-14(15(13)11(2)19)16-8-4-5-12(20)9-17;1-2-3-6-4-5-7(10)9-8(6)11/h3,6-7,16,20H,4-5,8H2,1-2H3;6H,2-5H2,1H3,(H,9,10,11). The number of hydrogen-bond acceptors (Lipinski definition) is 7. The summed E-state index contributed by atoms with van der Waals surface area (Å²) in [4.78, 5) is 55.1. The van der Waals surface area contributed by atoms with Crippen molar-refractivity contribution in [2.75, 3.05) is 11.9 Å². The summed E-state index contributed by atoms with van der Waals surface area (Å²) < 4.78 is 0. The highest BCUT2D eigenvalue weighted by Crippen LogP contribution is 2.21. The van der Waals surface area contributed by atoms with E-state index in [1.807, 2.05) is 6.92 Å². The summed E-state index contributed by atoms with van der Waals surface area (Å²) in [5.41, 5.74) is 1.34. The highest BCUT2D eigenvalue weighted by molar-refractivity contribution is 6.10. The molecule has 0 bridgehead atoms. The van der Waals surface area contributed by atoms with Crippen LogP contribution in [0.1, 0.15) is 80.0 Å². The number of nitrogens with one attached hydrogen (secondary N) is 2. The van der Waals surface area contributed by atoms with Gasteiger partial charge in [-0.25, -0.2) is 4.79 Å². The number of hydrogen-bond donors (Lipinski definition) is 3. The van der Waals surface area contributed by atoms with Crippen LogP contribution in [0.3, 0.4) is 0 Å². The molecule has 0 radical (unpaired) electrons. The number of aliphatic hydroxyl groups is 1. The van der Waals surface area contributed by atoms with Gasteiger partial charge < -0.3 is 10.4 Å². The summed E-state index contributed by atoms with van der Waals surface area (Å²) >= 11 is 0. The summed E-state index contributed by atoms with van der Waals surface area (Å²) in [7, 11) is 0. The smallest absolute Gasteiger partial charge is 0.229 e. The first-order valence-corrected chi connectivity index (χ1v) is 10.4. The Morgan fingerprint density at radius 3 is 2.48 bits per heavy atom. The molecular weight excluding hydrogens is 400 g/mol. The Morgan fingerprint density at radius 2 is 1.94 bits per heavy atom. The summed E-state index contributed by atoms with van der Waals surface area (Å²) in [6.07, 6.45) is 3.89. The van der Waals surface area contributed by atoms with E-state index < -0.39 is 0 Å². The molecule has 31 heavy (non-hydrogen) atoms. The highest BCUT2D eigenvalue weighted by Gasteiger charge is 2.25. The second-order valence-electron chi connectivity index (χ2n) is 7.36. The number of piperidine rings is 1. The minimum Gasteiger partial charge on any atom is -0.502 e. The third-order valence-corrected chi connectivity index (χ3v) is 4.81. The van der Waals surface area contributed by atoms with E-state index in [1.54, 1.807) is 18.2 Å². The van der Waals surface area contributed by atoms with E-state index in [-0.39, 0.29) is 41.5 Å². The van der Waals surface area contributed by atoms with Gasteiger partial charge in [0.25, 0.3) is 0 Å². The molecular formula is C23H30N2O6. The van der Waals surface area contributed by atoms with Crippen molar-refractivity contribution in [1.29, 1.82) is 0 Å². The van der Waals surface area contributed by atoms with Crippen LogP contribution < -0.4 is 10.6 Å². The molecule has 1 aromatic rings. The average Bonchev–Trinajstić information content (AvgIpc) is 2.73. The number of amides is 2. The Kier molecular flexibility index (Phi) is 10.9. The molecule has 1 atom stereocenters. The molecule has 1 fully saturated rings. The van der Waals surface area contributed by atoms with Crippen molar-refractivity contribution < 1.29 is 29.1 Å². The van der Waals surface area contributed by atoms with E-state index in [0.717, 1.165) is 19.3 Å². The number of Topliss-reactive ketones (excluding diaryl/α,β-unsaturated/α-hetero) is 2. The van der Waals surface area contributed by atoms with Crippen molar-refractivity contribution in [2.45, 2.75) is 59.3 Å². The molecule has 1 aromatic carbocycles. The second kappa shape index (κ2) is 13.1. The Labute approximate surface area is 182 Å². The molecule has 168 valence electrons. The van der Waals surface area contributed by atoms with Crippen molar-refractivity contribution >= 4 is 35.0 Å². The maximum atomic E-state index is 11.7. The molecule has 1 saturated heterocycles. The van der Waals surface area contributed by atoms with Crippen molar-refractivity contribution in [3.05, 3.63) is 35.1 Å². The lowest BCUT2D eigenvalue weighted by Gasteiger charge is -2.19. The monoisotopic (exact) mass is 430 g/mol. The van der Waals surface area contributed by atoms with Crippen LogP contribution in [0.2, 0.25) is 0 Å². The summed E-state index contributed by atoms with van der Waals surface area (Å²) in [6.45, 7) is 5.34. The first-order valence-electron chi connectivity index (χ1n) is 10.4. The van der Waals surface area contributed by atoms with Gasteiger partial charge in [-0.2, -0.15) is 0 Å². The van der Waals surface area contributed by atoms with Crippen molar-refractivity contribution in [3.63, 3.8) is 0 Å². The maximum Gasteiger partial charge on any atom is 0.229 e. The van der Waals surface area contributed by atoms with E-state index in [2.05, 4.69) is 10.6 Å². The molecule has 3 N–H and O–H groups in total. The largest absolute Gasteiger partial charge is 0.502 e. The van der Waals surface area contributed by atoms with E-state index in [0.29, 0.717) is 36.2 Å². The molecule has 1 heterocycles. The topological polar surface area (TPSA) is 130 Å². The van der Waals surface area contributed by atoms with Crippen LogP contribution in [0.25, 0.3) is 0 Å². The summed E-state index contributed by atoms with van der Waals surface area (Å²) in [6, 6.07) is 5.04. The third kappa shape index (κ3) is 8.56. The zero-order valence-corrected chi connectivity index (χ0v) is 18.2. The maximum absolute atomic E-state index is 11.7. The van der Waals surface area contributed by atoms with Gasteiger partial charge in [0.15, 0.2) is 23.3 Å². The quantitative estimate of drug-likeness (QED) is 0.180. The predicted molar refractivity (Wildman–Crippen MR) is 117 cm³/mol. The predicted octanol–water partition coefficient (Wildman–Crippen LogP) is 3.40. The van der Waals surface area contributed by atoms with Crippen LogP contribution in [0.15, 0.2) is 24.0 Å². The van der Waals surface area contributed by atoms with Crippen LogP contribution in [0.5, 0.6) is 0 Å². The number of carbonyl (C=O) groups is 4. The van der Waals surface area contributed by atoms with E-state index in [4.69, 9.17) is 5.11 Å². The Morgan fingerprint density at radius 1 is 1.23 bits per heavy atom. The van der Waals surface area contributed by atoms with Crippen LogP contribution in [-0.4, -0.2) is 41.0 Å². The van der Waals surface area contributed by atoms with Gasteiger partial charge in [-0.15, -0.1) is 0 Å². The van der Waals surface area contributed by atoms with Gasteiger partial charge in [-0.1, -0.05) is 25.5 Å². The molecule has 0 saturated carbocycles. The Bertz CT molecular complexity index is 871. The number of allylic oxidation sites excluding steroid dienone is 1. The zero-order chi connectivity index (χ0) is 23.4. The lowest BCUT2D eigenvalue weighted by Crippen LogP contribution is -2.40. The van der Waals surface area contributed by atoms with Gasteiger partial charge in [0.2, 0.25) is 11.8 Å². The van der Waals surface area contributed by atoms with Crippen LogP contribution in [0, 0.1) is 5.92 Å². The molecule has 1 aliphatic rings. The molecule has 2 rings (SSSR count). The second-order valence-corrected chi connectivity index (χ2v) is 7.36. The van der Waals surface area contributed by atoms with Gasteiger partial charge in [0.05, 0.1) is 5.56 Å². The number of carbonyl (C=O) groups excluding carboxylic acids is 5. The number of aliphatic hydroxyl groups excluding tert-OH is 1. The fourth-order valence-corrected chi connectivity index (χ4v) is 3.26. The van der Waals surface area contributed by atoms with Gasteiger partial charge in [0.1, 0.15) is 0 Å². The molecule has 8 nitrogen and oxygen atoms in total. The van der Waals surface area contributed by atoms with Crippen LogP contribution >= 0.6 is 0 Å². The summed E-state index contributed by atoms with van der Waals surface area (Å²) in [5.74, 6) is 0.615. The van der Waals surface area contributed by atoms with Crippen LogP contribution in [-0.2, 0) is 14.4 Å². The SMILES string of the molecule is CC(=O)c1cccc(NCCCC(O)=C=O)c1C(C)=O.CCCC1CCC(=O)NC1=O. The minimum atomic E-state index is -0.323. The Balaban J connectivity index is 0.000000367. The summed E-state index contributed by atoms with van der Waals surface area (Å²) in [5, 5.41) is 14.4. The van der Waals surface area contributed by atoms with Gasteiger partial charge >= 0.3 is 0 Å². The number of ketones is 2. The van der Waals surface area contributed by atoms with E-state index in [9.17, 15) is 24.0 Å². The number of anilines is 1. The van der Waals surface area contributed by atoms with Gasteiger partial charge in [-0.3, -0.25) is 24.5 Å². The lowest BCUT2D eigenvalue weighted by atomic mass is 9.94. The van der Waals surface area contributed by atoms with Crippen molar-refractivity contribution in [3.8, 4) is 0 Å². The molecule has 0 spiro atoms. The van der Waals surface area contributed by atoms with Crippen molar-refractivity contribution in [1.82, 2.24) is 5.32 Å². The average molecular weight is 431 g/mol. The van der Waals surface area contributed by atoms with Crippen molar-refractivity contribution in [2.24, 2.45) is 5.92 Å². The van der Waals surface area contributed by atoms with Gasteiger partial charge in [-0.05, 0) is 39.2 Å². The molecule has 0 aliphatic carbocycles. The van der Waals surface area contributed by atoms with E-state index in [1.165, 1.54) is 19.8 Å². The number of rotatable bonds is 9. The molecule has 2 amide bonds. The van der Waals surface area contributed by atoms with E-state index >= 15 is 0 Å². The lowest BCUT2D eigenvalue weighted by molar-refractivity contribution is -0.136. The molecule has 8 heteroatoms. The first-order chi connectivity index (χ1) is 14.7. The normalized spacial score (nSPS) is 15.1. The number of imide groups is 1. The zero-order valence-electron chi connectivity index (χ0n) is 18.2. The molecule has 0 aromatic heterocycles. The Hall–Kier alpha value is -3.25. The van der Waals surface area contributed by atoms with Gasteiger partial charge in [0, 0.05) is 36.6 Å².